The Hall–Kier alpha value is -2.63. The molecule has 6 nitrogen and oxygen atoms in total. The number of nitrogens with one attached hydrogen (secondary N) is 1. The van der Waals surface area contributed by atoms with Gasteiger partial charge in [0.2, 0.25) is 5.89 Å². The van der Waals surface area contributed by atoms with Gasteiger partial charge in [0.15, 0.2) is 5.69 Å². The number of oxazole rings is 1. The molecule has 1 unspecified atom stereocenters. The van der Waals surface area contributed by atoms with Crippen molar-refractivity contribution in [1.29, 1.82) is 0 Å². The minimum Gasteiger partial charge on any atom is -0.480 e. The molecular weight excluding hydrogens is 272 g/mol. The topological polar surface area (TPSA) is 92.4 Å². The molecule has 2 aromatic rings. The number of amides is 1. The van der Waals surface area contributed by atoms with Crippen molar-refractivity contribution >= 4 is 11.9 Å². The second-order valence-corrected chi connectivity index (χ2v) is 4.56. The largest absolute Gasteiger partial charge is 0.480 e. The van der Waals surface area contributed by atoms with Gasteiger partial charge in [0.1, 0.15) is 11.8 Å². The van der Waals surface area contributed by atoms with Gasteiger partial charge in [0, 0.05) is 5.56 Å². The van der Waals surface area contributed by atoms with Crippen molar-refractivity contribution in [2.75, 3.05) is 0 Å². The number of carbonyl (C=O) groups is 2. The Morgan fingerprint density at radius 3 is 2.57 bits per heavy atom. The minimum atomic E-state index is -1.07. The summed E-state index contributed by atoms with van der Waals surface area (Å²) in [6.45, 7) is 3.31. The quantitative estimate of drug-likeness (QED) is 0.880. The van der Waals surface area contributed by atoms with Gasteiger partial charge < -0.3 is 14.8 Å². The second-order valence-electron chi connectivity index (χ2n) is 4.56. The number of hydrogen-bond acceptors (Lipinski definition) is 4. The third-order valence-corrected chi connectivity index (χ3v) is 3.04. The zero-order valence-electron chi connectivity index (χ0n) is 11.8. The van der Waals surface area contributed by atoms with Crippen LogP contribution in [0.2, 0.25) is 0 Å². The van der Waals surface area contributed by atoms with Crippen molar-refractivity contribution in [2.45, 2.75) is 26.3 Å². The molecule has 0 aliphatic heterocycles. The van der Waals surface area contributed by atoms with Crippen LogP contribution in [-0.4, -0.2) is 28.0 Å². The molecule has 0 saturated carbocycles. The maximum absolute atomic E-state index is 12.1. The highest BCUT2D eigenvalue weighted by Crippen LogP contribution is 2.21. The molecule has 0 aliphatic rings. The van der Waals surface area contributed by atoms with Gasteiger partial charge in [-0.15, -0.1) is 0 Å². The fourth-order valence-electron chi connectivity index (χ4n) is 1.88. The summed E-state index contributed by atoms with van der Waals surface area (Å²) in [6.07, 6.45) is 0.295. The van der Waals surface area contributed by atoms with E-state index in [9.17, 15) is 9.59 Å². The van der Waals surface area contributed by atoms with Crippen molar-refractivity contribution in [1.82, 2.24) is 10.3 Å². The Bertz CT molecular complexity index is 649. The van der Waals surface area contributed by atoms with Crippen molar-refractivity contribution in [3.8, 4) is 11.5 Å². The summed E-state index contributed by atoms with van der Waals surface area (Å²) >= 11 is 0. The standard InChI is InChI=1S/C15H16N2O4/c1-3-11(15(19)20)16-13(18)12-9(2)21-14(17-12)10-7-5-4-6-8-10/h4-8,11H,3H2,1-2H3,(H,16,18)(H,19,20). The molecule has 2 rings (SSSR count). The molecule has 2 N–H and O–H groups in total. The van der Waals surface area contributed by atoms with Gasteiger partial charge in [0.25, 0.3) is 5.91 Å². The zero-order chi connectivity index (χ0) is 15.4. The number of aliphatic carboxylic acids is 1. The van der Waals surface area contributed by atoms with Crippen molar-refractivity contribution in [2.24, 2.45) is 0 Å². The van der Waals surface area contributed by atoms with E-state index in [0.29, 0.717) is 18.1 Å². The van der Waals surface area contributed by atoms with E-state index in [1.54, 1.807) is 13.8 Å². The molecule has 0 aliphatic carbocycles. The van der Waals surface area contributed by atoms with Crippen LogP contribution in [-0.2, 0) is 4.79 Å². The molecule has 0 bridgehead atoms. The lowest BCUT2D eigenvalue weighted by molar-refractivity contribution is -0.139. The molecule has 1 heterocycles. The summed E-state index contributed by atoms with van der Waals surface area (Å²) in [5, 5.41) is 11.4. The molecule has 0 spiro atoms. The number of carboxylic acids is 1. The molecule has 110 valence electrons. The van der Waals surface area contributed by atoms with Gasteiger partial charge in [-0.05, 0) is 25.5 Å². The number of nitrogens with zero attached hydrogens (tertiary/aromatic N) is 1. The third-order valence-electron chi connectivity index (χ3n) is 3.04. The molecule has 1 atom stereocenters. The van der Waals surface area contributed by atoms with Crippen LogP contribution in [0, 0.1) is 6.92 Å². The van der Waals surface area contributed by atoms with Gasteiger partial charge >= 0.3 is 5.97 Å². The van der Waals surface area contributed by atoms with Crippen LogP contribution < -0.4 is 5.32 Å². The lowest BCUT2D eigenvalue weighted by Gasteiger charge is -2.10. The number of aromatic nitrogens is 1. The van der Waals surface area contributed by atoms with E-state index in [-0.39, 0.29) is 5.69 Å². The number of benzene rings is 1. The third kappa shape index (κ3) is 3.28. The molecule has 1 aromatic heterocycles. The highest BCUT2D eigenvalue weighted by atomic mass is 16.4. The molecule has 0 saturated heterocycles. The van der Waals surface area contributed by atoms with E-state index in [1.807, 2.05) is 30.3 Å². The number of carbonyl (C=O) groups excluding carboxylic acids is 1. The summed E-state index contributed by atoms with van der Waals surface area (Å²) < 4.78 is 5.48. The summed E-state index contributed by atoms with van der Waals surface area (Å²) in [5.41, 5.74) is 0.860. The maximum atomic E-state index is 12.1. The number of carboxylic acid groups (broad SMARTS) is 1. The average molecular weight is 288 g/mol. The van der Waals surface area contributed by atoms with E-state index in [1.165, 1.54) is 0 Å². The fourth-order valence-corrected chi connectivity index (χ4v) is 1.88. The lowest BCUT2D eigenvalue weighted by Crippen LogP contribution is -2.40. The van der Waals surface area contributed by atoms with Crippen LogP contribution in [0.3, 0.4) is 0 Å². The molecule has 0 fully saturated rings. The zero-order valence-corrected chi connectivity index (χ0v) is 11.8. The summed E-state index contributed by atoms with van der Waals surface area (Å²) in [4.78, 5) is 27.2. The summed E-state index contributed by atoms with van der Waals surface area (Å²) in [6, 6.07) is 8.25. The predicted octanol–water partition coefficient (Wildman–Crippen LogP) is 2.24. The fraction of sp³-hybridized carbons (Fsp3) is 0.267. The molecule has 21 heavy (non-hydrogen) atoms. The number of rotatable bonds is 5. The first-order valence-electron chi connectivity index (χ1n) is 6.59. The Labute approximate surface area is 121 Å². The predicted molar refractivity (Wildman–Crippen MR) is 75.9 cm³/mol. The van der Waals surface area contributed by atoms with Crippen LogP contribution in [0.1, 0.15) is 29.6 Å². The van der Waals surface area contributed by atoms with Crippen LogP contribution >= 0.6 is 0 Å². The van der Waals surface area contributed by atoms with Crippen LogP contribution in [0.5, 0.6) is 0 Å². The SMILES string of the molecule is CCC(NC(=O)c1nc(-c2ccccc2)oc1C)C(=O)O. The van der Waals surface area contributed by atoms with Crippen molar-refractivity contribution in [3.05, 3.63) is 41.8 Å². The molecular formula is C15H16N2O4. The molecule has 0 radical (unpaired) electrons. The second kappa shape index (κ2) is 6.21. The highest BCUT2D eigenvalue weighted by Gasteiger charge is 2.23. The van der Waals surface area contributed by atoms with Crippen LogP contribution in [0.25, 0.3) is 11.5 Å². The Morgan fingerprint density at radius 2 is 2.00 bits per heavy atom. The number of aryl methyl sites for hydroxylation is 1. The first kappa shape index (κ1) is 14.8. The van der Waals surface area contributed by atoms with E-state index in [2.05, 4.69) is 10.3 Å². The Morgan fingerprint density at radius 1 is 1.33 bits per heavy atom. The Balaban J connectivity index is 2.23. The monoisotopic (exact) mass is 288 g/mol. The van der Waals surface area contributed by atoms with Gasteiger partial charge in [-0.1, -0.05) is 25.1 Å². The van der Waals surface area contributed by atoms with Crippen molar-refractivity contribution < 1.29 is 19.1 Å². The average Bonchev–Trinajstić information content (AvgIpc) is 2.87. The molecule has 1 amide bonds. The van der Waals surface area contributed by atoms with E-state index in [0.717, 1.165) is 5.56 Å². The van der Waals surface area contributed by atoms with E-state index < -0.39 is 17.9 Å². The minimum absolute atomic E-state index is 0.105. The first-order chi connectivity index (χ1) is 10.0. The maximum Gasteiger partial charge on any atom is 0.326 e. The smallest absolute Gasteiger partial charge is 0.326 e. The Kier molecular flexibility index (Phi) is 4.37. The van der Waals surface area contributed by atoms with Crippen molar-refractivity contribution in [3.63, 3.8) is 0 Å². The molecule has 1 aromatic carbocycles. The van der Waals surface area contributed by atoms with Gasteiger partial charge in [-0.2, -0.15) is 0 Å². The molecule has 6 heteroatoms. The van der Waals surface area contributed by atoms with Gasteiger partial charge in [0.05, 0.1) is 0 Å². The van der Waals surface area contributed by atoms with E-state index >= 15 is 0 Å². The van der Waals surface area contributed by atoms with Gasteiger partial charge in [-0.25, -0.2) is 9.78 Å². The normalized spacial score (nSPS) is 11.9. The lowest BCUT2D eigenvalue weighted by atomic mass is 10.2. The van der Waals surface area contributed by atoms with Crippen LogP contribution in [0.4, 0.5) is 0 Å². The summed E-state index contributed by atoms with van der Waals surface area (Å²) in [7, 11) is 0. The van der Waals surface area contributed by atoms with Gasteiger partial charge in [-0.3, -0.25) is 4.79 Å². The van der Waals surface area contributed by atoms with Crippen LogP contribution in [0.15, 0.2) is 34.7 Å². The van der Waals surface area contributed by atoms with E-state index in [4.69, 9.17) is 9.52 Å². The highest BCUT2D eigenvalue weighted by molar-refractivity contribution is 5.96. The summed E-state index contributed by atoms with van der Waals surface area (Å²) in [5.74, 6) is -0.934. The first-order valence-corrected chi connectivity index (χ1v) is 6.59. The number of hydrogen-bond donors (Lipinski definition) is 2.